The monoisotopic (exact) mass is 263 g/mol. The molecule has 2 rings (SSSR count). The van der Waals surface area contributed by atoms with Gasteiger partial charge in [-0.05, 0) is 31.9 Å². The third kappa shape index (κ3) is 4.24. The van der Waals surface area contributed by atoms with Gasteiger partial charge < -0.3 is 15.4 Å². The van der Waals surface area contributed by atoms with Crippen molar-refractivity contribution in [3.8, 4) is 0 Å². The molecular formula is C13H17N3O3. The van der Waals surface area contributed by atoms with Crippen molar-refractivity contribution in [1.29, 1.82) is 0 Å². The van der Waals surface area contributed by atoms with E-state index in [-0.39, 0.29) is 12.5 Å². The Labute approximate surface area is 111 Å². The first-order chi connectivity index (χ1) is 9.19. The topological polar surface area (TPSA) is 80.3 Å². The second-order valence-corrected chi connectivity index (χ2v) is 4.36. The van der Waals surface area contributed by atoms with Crippen LogP contribution in [-0.4, -0.2) is 29.6 Å². The molecule has 1 saturated carbocycles. The zero-order chi connectivity index (χ0) is 13.7. The maximum absolute atomic E-state index is 11.8. The number of nitrogens with zero attached hydrogens (tertiary/aromatic N) is 1. The van der Waals surface area contributed by atoms with Crippen molar-refractivity contribution in [1.82, 2.24) is 15.6 Å². The largest absolute Gasteiger partial charge is 0.450 e. The average Bonchev–Trinajstić information content (AvgIpc) is 3.21. The van der Waals surface area contributed by atoms with E-state index in [4.69, 9.17) is 4.74 Å². The smallest absolute Gasteiger partial charge is 0.407 e. The van der Waals surface area contributed by atoms with Gasteiger partial charge in [0.1, 0.15) is 0 Å². The summed E-state index contributed by atoms with van der Waals surface area (Å²) in [6.07, 6.45) is 3.17. The number of aromatic nitrogens is 1. The van der Waals surface area contributed by atoms with Crippen LogP contribution < -0.4 is 10.6 Å². The molecule has 19 heavy (non-hydrogen) atoms. The van der Waals surface area contributed by atoms with Gasteiger partial charge in [0.2, 0.25) is 0 Å². The minimum Gasteiger partial charge on any atom is -0.450 e. The van der Waals surface area contributed by atoms with Crippen LogP contribution in [0.4, 0.5) is 4.79 Å². The Morgan fingerprint density at radius 2 is 2.26 bits per heavy atom. The molecule has 0 bridgehead atoms. The lowest BCUT2D eigenvalue weighted by atomic mass is 10.2. The van der Waals surface area contributed by atoms with Crippen molar-refractivity contribution < 1.29 is 14.3 Å². The molecule has 1 aliphatic carbocycles. The fourth-order valence-electron chi connectivity index (χ4n) is 1.56. The summed E-state index contributed by atoms with van der Waals surface area (Å²) < 4.78 is 4.75. The van der Waals surface area contributed by atoms with Gasteiger partial charge in [-0.3, -0.25) is 9.78 Å². The van der Waals surface area contributed by atoms with Gasteiger partial charge in [0, 0.05) is 17.8 Å². The lowest BCUT2D eigenvalue weighted by Gasteiger charge is -2.07. The standard InChI is InChI=1S/C13H17N3O3/c1-2-19-13(18)15-8-11-7-9(5-6-14-11)12(17)16-10-3-4-10/h5-7,10H,2-4,8H2,1H3,(H,15,18)(H,16,17). The lowest BCUT2D eigenvalue weighted by Crippen LogP contribution is -2.26. The van der Waals surface area contributed by atoms with Crippen LogP contribution in [0.25, 0.3) is 0 Å². The average molecular weight is 263 g/mol. The first kappa shape index (κ1) is 13.3. The number of hydrogen-bond acceptors (Lipinski definition) is 4. The number of carbonyl (C=O) groups excluding carboxylic acids is 2. The third-order valence-electron chi connectivity index (χ3n) is 2.68. The van der Waals surface area contributed by atoms with Crippen molar-refractivity contribution in [2.75, 3.05) is 6.61 Å². The van der Waals surface area contributed by atoms with Crippen LogP contribution >= 0.6 is 0 Å². The van der Waals surface area contributed by atoms with E-state index in [2.05, 4.69) is 15.6 Å². The van der Waals surface area contributed by atoms with Gasteiger partial charge in [0.25, 0.3) is 5.91 Å². The highest BCUT2D eigenvalue weighted by atomic mass is 16.5. The maximum Gasteiger partial charge on any atom is 0.407 e. The summed E-state index contributed by atoms with van der Waals surface area (Å²) in [7, 11) is 0. The molecule has 6 nitrogen and oxygen atoms in total. The summed E-state index contributed by atoms with van der Waals surface area (Å²) in [4.78, 5) is 27.1. The van der Waals surface area contributed by atoms with E-state index < -0.39 is 6.09 Å². The van der Waals surface area contributed by atoms with Crippen molar-refractivity contribution in [2.24, 2.45) is 0 Å². The molecule has 2 N–H and O–H groups in total. The lowest BCUT2D eigenvalue weighted by molar-refractivity contribution is 0.0951. The van der Waals surface area contributed by atoms with E-state index in [0.29, 0.717) is 23.9 Å². The molecule has 1 aromatic rings. The van der Waals surface area contributed by atoms with E-state index in [1.54, 1.807) is 25.3 Å². The molecule has 1 aromatic heterocycles. The van der Waals surface area contributed by atoms with Gasteiger partial charge in [-0.25, -0.2) is 4.79 Å². The van der Waals surface area contributed by atoms with E-state index >= 15 is 0 Å². The number of amides is 2. The van der Waals surface area contributed by atoms with Crippen LogP contribution in [0, 0.1) is 0 Å². The Hall–Kier alpha value is -2.11. The Balaban J connectivity index is 1.90. The maximum atomic E-state index is 11.8. The molecule has 2 amide bonds. The van der Waals surface area contributed by atoms with E-state index in [9.17, 15) is 9.59 Å². The van der Waals surface area contributed by atoms with Crippen molar-refractivity contribution in [2.45, 2.75) is 32.4 Å². The summed E-state index contributed by atoms with van der Waals surface area (Å²) in [6.45, 7) is 2.30. The van der Waals surface area contributed by atoms with Gasteiger partial charge in [-0.15, -0.1) is 0 Å². The summed E-state index contributed by atoms with van der Waals surface area (Å²) >= 11 is 0. The molecule has 102 valence electrons. The van der Waals surface area contributed by atoms with E-state index in [1.165, 1.54) is 0 Å². The molecular weight excluding hydrogens is 246 g/mol. The molecule has 1 fully saturated rings. The highest BCUT2D eigenvalue weighted by Crippen LogP contribution is 2.19. The number of pyridine rings is 1. The van der Waals surface area contributed by atoms with Crippen molar-refractivity contribution >= 4 is 12.0 Å². The second kappa shape index (κ2) is 6.17. The number of carbonyl (C=O) groups is 2. The highest BCUT2D eigenvalue weighted by molar-refractivity contribution is 5.94. The normalized spacial score (nSPS) is 13.7. The summed E-state index contributed by atoms with van der Waals surface area (Å²) in [5.41, 5.74) is 1.18. The molecule has 0 spiro atoms. The number of nitrogens with one attached hydrogen (secondary N) is 2. The fourth-order valence-corrected chi connectivity index (χ4v) is 1.56. The molecule has 0 saturated heterocycles. The fraction of sp³-hybridized carbons (Fsp3) is 0.462. The second-order valence-electron chi connectivity index (χ2n) is 4.36. The molecule has 1 aliphatic rings. The van der Waals surface area contributed by atoms with Gasteiger partial charge in [-0.1, -0.05) is 0 Å². The third-order valence-corrected chi connectivity index (χ3v) is 2.68. The Morgan fingerprint density at radius 3 is 2.95 bits per heavy atom. The SMILES string of the molecule is CCOC(=O)NCc1cc(C(=O)NC2CC2)ccn1. The Kier molecular flexibility index (Phi) is 4.33. The zero-order valence-electron chi connectivity index (χ0n) is 10.8. The number of alkyl carbamates (subject to hydrolysis) is 1. The van der Waals surface area contributed by atoms with E-state index in [0.717, 1.165) is 12.8 Å². The first-order valence-electron chi connectivity index (χ1n) is 6.35. The van der Waals surface area contributed by atoms with Crippen LogP contribution in [0.3, 0.4) is 0 Å². The first-order valence-corrected chi connectivity index (χ1v) is 6.35. The van der Waals surface area contributed by atoms with Gasteiger partial charge in [0.15, 0.2) is 0 Å². The minimum absolute atomic E-state index is 0.0951. The molecule has 1 heterocycles. The molecule has 6 heteroatoms. The van der Waals surface area contributed by atoms with Crippen LogP contribution in [0.1, 0.15) is 35.8 Å². The van der Waals surface area contributed by atoms with Crippen LogP contribution in [0.5, 0.6) is 0 Å². The van der Waals surface area contributed by atoms with Crippen LogP contribution in [0.2, 0.25) is 0 Å². The highest BCUT2D eigenvalue weighted by Gasteiger charge is 2.23. The molecule has 0 unspecified atom stereocenters. The van der Waals surface area contributed by atoms with Crippen LogP contribution in [-0.2, 0) is 11.3 Å². The van der Waals surface area contributed by atoms with Crippen LogP contribution in [0.15, 0.2) is 18.3 Å². The Morgan fingerprint density at radius 1 is 1.47 bits per heavy atom. The predicted octanol–water partition coefficient (Wildman–Crippen LogP) is 1.22. The molecule has 0 aromatic carbocycles. The van der Waals surface area contributed by atoms with E-state index in [1.807, 2.05) is 0 Å². The van der Waals surface area contributed by atoms with Gasteiger partial charge in [0.05, 0.1) is 18.8 Å². The summed E-state index contributed by atoms with van der Waals surface area (Å²) in [5.74, 6) is -0.0951. The number of hydrogen-bond donors (Lipinski definition) is 2. The summed E-state index contributed by atoms with van der Waals surface area (Å²) in [5, 5.41) is 5.47. The summed E-state index contributed by atoms with van der Waals surface area (Å²) in [6, 6.07) is 3.65. The molecule has 0 radical (unpaired) electrons. The quantitative estimate of drug-likeness (QED) is 0.837. The number of rotatable bonds is 5. The number of ether oxygens (including phenoxy) is 1. The van der Waals surface area contributed by atoms with Crippen molar-refractivity contribution in [3.05, 3.63) is 29.6 Å². The van der Waals surface area contributed by atoms with Gasteiger partial charge in [-0.2, -0.15) is 0 Å². The molecule has 0 atom stereocenters. The molecule has 0 aliphatic heterocycles. The zero-order valence-corrected chi connectivity index (χ0v) is 10.8. The van der Waals surface area contributed by atoms with Crippen molar-refractivity contribution in [3.63, 3.8) is 0 Å². The predicted molar refractivity (Wildman–Crippen MR) is 68.6 cm³/mol. The Bertz CT molecular complexity index is 472. The van der Waals surface area contributed by atoms with Gasteiger partial charge >= 0.3 is 6.09 Å². The minimum atomic E-state index is -0.489.